The van der Waals surface area contributed by atoms with Gasteiger partial charge in [-0.1, -0.05) is 36.4 Å². The third-order valence-electron chi connectivity index (χ3n) is 5.42. The van der Waals surface area contributed by atoms with Gasteiger partial charge in [0.2, 0.25) is 0 Å². The van der Waals surface area contributed by atoms with Crippen molar-refractivity contribution in [1.29, 1.82) is 0 Å². The van der Waals surface area contributed by atoms with Gasteiger partial charge < -0.3 is 4.57 Å². The van der Waals surface area contributed by atoms with E-state index < -0.39 is 5.91 Å². The second kappa shape index (κ2) is 7.53. The smallest absolute Gasteiger partial charge is 0.278 e. The van der Waals surface area contributed by atoms with Gasteiger partial charge in [0, 0.05) is 23.5 Å². The molecule has 31 heavy (non-hydrogen) atoms. The summed E-state index contributed by atoms with van der Waals surface area (Å²) in [7, 11) is 0. The molecule has 2 aliphatic rings. The van der Waals surface area contributed by atoms with Crippen LogP contribution in [0.3, 0.4) is 0 Å². The number of aromatic nitrogens is 2. The number of hydrazine groups is 1. The first kappa shape index (κ1) is 18.7. The van der Waals surface area contributed by atoms with Gasteiger partial charge in [0.05, 0.1) is 28.9 Å². The first-order valence-electron chi connectivity index (χ1n) is 9.90. The average Bonchev–Trinajstić information content (AvgIpc) is 3.15. The molecule has 0 fully saturated rings. The zero-order valence-corrected chi connectivity index (χ0v) is 16.5. The number of aryl methyl sites for hydroxylation is 1. The summed E-state index contributed by atoms with van der Waals surface area (Å²) in [5, 5.41) is 1.20. The summed E-state index contributed by atoms with van der Waals surface area (Å²) >= 11 is 0. The van der Waals surface area contributed by atoms with E-state index in [9.17, 15) is 14.4 Å². The van der Waals surface area contributed by atoms with Crippen LogP contribution < -0.4 is 5.43 Å². The topological polar surface area (TPSA) is 84.3 Å². The van der Waals surface area contributed by atoms with Gasteiger partial charge in [-0.25, -0.2) is 5.01 Å². The van der Waals surface area contributed by atoms with Gasteiger partial charge in [-0.05, 0) is 36.6 Å². The van der Waals surface area contributed by atoms with E-state index in [0.29, 0.717) is 34.6 Å². The number of rotatable bonds is 4. The first-order valence-corrected chi connectivity index (χ1v) is 9.90. The summed E-state index contributed by atoms with van der Waals surface area (Å²) in [6, 6.07) is 14.5. The van der Waals surface area contributed by atoms with Crippen LogP contribution in [-0.4, -0.2) is 32.7 Å². The second-order valence-corrected chi connectivity index (χ2v) is 7.29. The van der Waals surface area contributed by atoms with Crippen molar-refractivity contribution in [2.45, 2.75) is 12.8 Å². The number of aldehydes is 1. The van der Waals surface area contributed by atoms with Gasteiger partial charge >= 0.3 is 0 Å². The highest BCUT2D eigenvalue weighted by Gasteiger charge is 2.33. The van der Waals surface area contributed by atoms with E-state index in [1.165, 1.54) is 17.4 Å². The number of allylic oxidation sites excluding steroid dienone is 1. The molecule has 0 unspecified atom stereocenters. The van der Waals surface area contributed by atoms with Gasteiger partial charge in [-0.2, -0.15) is 0 Å². The molecule has 1 aliphatic heterocycles. The monoisotopic (exact) mass is 410 g/mol. The summed E-state index contributed by atoms with van der Waals surface area (Å²) in [6.45, 7) is 0. The average molecular weight is 410 g/mol. The maximum absolute atomic E-state index is 13.5. The van der Waals surface area contributed by atoms with Crippen LogP contribution in [0.15, 0.2) is 73.2 Å². The van der Waals surface area contributed by atoms with E-state index in [2.05, 4.69) is 10.4 Å². The van der Waals surface area contributed by atoms with Crippen molar-refractivity contribution in [2.24, 2.45) is 0 Å². The molecule has 0 radical (unpaired) electrons. The Morgan fingerprint density at radius 1 is 1.10 bits per heavy atom. The van der Waals surface area contributed by atoms with Crippen LogP contribution in [-0.2, 0) is 11.2 Å². The van der Waals surface area contributed by atoms with Crippen LogP contribution in [0.5, 0.6) is 0 Å². The van der Waals surface area contributed by atoms with Crippen LogP contribution >= 0.6 is 0 Å². The van der Waals surface area contributed by atoms with Crippen molar-refractivity contribution in [1.82, 2.24) is 20.0 Å². The number of pyridine rings is 1. The van der Waals surface area contributed by atoms with Gasteiger partial charge in [0.1, 0.15) is 0 Å². The fourth-order valence-corrected chi connectivity index (χ4v) is 4.01. The minimum absolute atomic E-state index is 0.355. The number of amides is 2. The fourth-order valence-electron chi connectivity index (χ4n) is 4.01. The molecule has 2 aromatic heterocycles. The van der Waals surface area contributed by atoms with Crippen molar-refractivity contribution in [3.63, 3.8) is 0 Å². The van der Waals surface area contributed by atoms with Crippen molar-refractivity contribution < 1.29 is 14.4 Å². The van der Waals surface area contributed by atoms with E-state index in [-0.39, 0.29) is 5.91 Å². The highest BCUT2D eigenvalue weighted by Crippen LogP contribution is 2.37. The molecule has 0 spiro atoms. The zero-order chi connectivity index (χ0) is 21.4. The van der Waals surface area contributed by atoms with Gasteiger partial charge in [-0.15, -0.1) is 0 Å². The van der Waals surface area contributed by atoms with Gasteiger partial charge in [0.25, 0.3) is 11.8 Å². The van der Waals surface area contributed by atoms with Crippen LogP contribution in [0.1, 0.15) is 44.1 Å². The Labute approximate surface area is 178 Å². The lowest BCUT2D eigenvalue weighted by Gasteiger charge is -2.20. The van der Waals surface area contributed by atoms with Crippen molar-refractivity contribution in [3.8, 4) is 0 Å². The summed E-state index contributed by atoms with van der Waals surface area (Å²) in [5.41, 5.74) is 7.08. The quantitative estimate of drug-likeness (QED) is 0.670. The van der Waals surface area contributed by atoms with E-state index >= 15 is 0 Å². The highest BCUT2D eigenvalue weighted by molar-refractivity contribution is 6.22. The molecule has 1 aliphatic carbocycles. The number of carbonyl (C=O) groups is 3. The molecule has 0 atom stereocenters. The summed E-state index contributed by atoms with van der Waals surface area (Å²) in [4.78, 5) is 42.1. The van der Waals surface area contributed by atoms with Crippen LogP contribution in [0.4, 0.5) is 0 Å². The number of nitrogens with one attached hydrogen (secondary N) is 1. The summed E-state index contributed by atoms with van der Waals surface area (Å²) < 4.78 is 1.80. The number of hydrogen-bond donors (Lipinski definition) is 1. The van der Waals surface area contributed by atoms with Crippen molar-refractivity contribution in [2.75, 3.05) is 0 Å². The van der Waals surface area contributed by atoms with Gasteiger partial charge in [-0.3, -0.25) is 24.8 Å². The van der Waals surface area contributed by atoms with E-state index in [0.717, 1.165) is 23.8 Å². The maximum Gasteiger partial charge on any atom is 0.278 e. The summed E-state index contributed by atoms with van der Waals surface area (Å²) in [5.74, 6) is -0.788. The molecular formula is C24H18N4O3. The number of carbonyl (C=O) groups excluding carboxylic acids is 3. The Bertz CT molecular complexity index is 1260. The number of benzene rings is 1. The fraction of sp³-hybridized carbons (Fsp3) is 0.0833. The molecule has 7 nitrogen and oxygen atoms in total. The van der Waals surface area contributed by atoms with Crippen molar-refractivity contribution >= 4 is 29.4 Å². The van der Waals surface area contributed by atoms with E-state index in [4.69, 9.17) is 0 Å². The third-order valence-corrected chi connectivity index (χ3v) is 5.42. The Morgan fingerprint density at radius 2 is 1.87 bits per heavy atom. The molecule has 0 bridgehead atoms. The molecule has 7 heteroatoms. The van der Waals surface area contributed by atoms with E-state index in [1.807, 2.05) is 42.5 Å². The molecule has 5 rings (SSSR count). The Morgan fingerprint density at radius 3 is 2.61 bits per heavy atom. The van der Waals surface area contributed by atoms with E-state index in [1.54, 1.807) is 22.9 Å². The SMILES string of the molecule is O=Cc1cc2c3n1C(c1ccccc1)=CN(NC(=O)c1ccncc1)C(=O)C3=CCC2. The molecule has 1 aromatic carbocycles. The molecule has 152 valence electrons. The highest BCUT2D eigenvalue weighted by atomic mass is 16.2. The molecule has 0 saturated heterocycles. The van der Waals surface area contributed by atoms with Gasteiger partial charge in [0.15, 0.2) is 6.29 Å². The van der Waals surface area contributed by atoms with Crippen LogP contribution in [0, 0.1) is 0 Å². The standard InChI is InChI=1S/C24H18N4O3/c29-15-19-13-18-7-4-8-20-22(18)28(19)21(16-5-2-1-3-6-16)14-27(24(20)31)26-23(30)17-9-11-25-12-10-17/h1-3,5-6,8-15H,4,7H2,(H,26,30). The predicted octanol–water partition coefficient (Wildman–Crippen LogP) is 3.06. The lowest BCUT2D eigenvalue weighted by atomic mass is 9.96. The normalized spacial score (nSPS) is 14.8. The number of nitrogens with zero attached hydrogens (tertiary/aromatic N) is 3. The molecule has 3 aromatic rings. The van der Waals surface area contributed by atoms with Crippen LogP contribution in [0.25, 0.3) is 11.3 Å². The van der Waals surface area contributed by atoms with Crippen LogP contribution in [0.2, 0.25) is 0 Å². The second-order valence-electron chi connectivity index (χ2n) is 7.29. The van der Waals surface area contributed by atoms with Crippen molar-refractivity contribution in [3.05, 3.63) is 101 Å². The Kier molecular flexibility index (Phi) is 4.55. The lowest BCUT2D eigenvalue weighted by molar-refractivity contribution is -0.124. The largest absolute Gasteiger partial charge is 0.304 e. The molecule has 1 N–H and O–H groups in total. The third kappa shape index (κ3) is 3.16. The minimum Gasteiger partial charge on any atom is -0.304 e. The Balaban J connectivity index is 1.68. The molecular weight excluding hydrogens is 392 g/mol. The molecule has 0 saturated carbocycles. The first-order chi connectivity index (χ1) is 15.2. The summed E-state index contributed by atoms with van der Waals surface area (Å²) in [6.07, 6.45) is 8.69. The molecule has 2 amide bonds. The minimum atomic E-state index is -0.432. The number of hydrogen-bond acceptors (Lipinski definition) is 4. The molecule has 3 heterocycles. The zero-order valence-electron chi connectivity index (χ0n) is 16.5. The Hall–Kier alpha value is -4.26. The predicted molar refractivity (Wildman–Crippen MR) is 114 cm³/mol. The lowest BCUT2D eigenvalue weighted by Crippen LogP contribution is -2.42. The maximum atomic E-state index is 13.5.